The lowest BCUT2D eigenvalue weighted by Crippen LogP contribution is -2.12. The molecule has 0 saturated carbocycles. The molecule has 2 aromatic carbocycles. The topological polar surface area (TPSA) is 64.1 Å². The third kappa shape index (κ3) is 3.51. The van der Waals surface area contributed by atoms with Crippen LogP contribution in [0.5, 0.6) is 11.5 Å². The fourth-order valence-corrected chi connectivity index (χ4v) is 3.46. The van der Waals surface area contributed by atoms with Crippen LogP contribution < -0.4 is 10.1 Å². The molecular weight excluding hydrogens is 370 g/mol. The second-order valence-electron chi connectivity index (χ2n) is 5.36. The summed E-state index contributed by atoms with van der Waals surface area (Å²) in [5.41, 5.74) is 1.09. The SMILES string of the molecule is O=C(Nc1nc2ccc(Oc3ccccc3)cc2s1)c1cccnc1Cl. The van der Waals surface area contributed by atoms with E-state index in [2.05, 4.69) is 15.3 Å². The molecule has 0 aliphatic carbocycles. The lowest BCUT2D eigenvalue weighted by atomic mass is 10.3. The number of benzene rings is 2. The molecule has 0 unspecified atom stereocenters. The number of amides is 1. The number of carbonyl (C=O) groups excluding carboxylic acids is 1. The Morgan fingerprint density at radius 2 is 1.88 bits per heavy atom. The van der Waals surface area contributed by atoms with Gasteiger partial charge in [-0.3, -0.25) is 10.1 Å². The fraction of sp³-hybridized carbons (Fsp3) is 0. The monoisotopic (exact) mass is 381 g/mol. The van der Waals surface area contributed by atoms with Crippen molar-refractivity contribution in [3.05, 3.63) is 77.6 Å². The van der Waals surface area contributed by atoms with E-state index in [-0.39, 0.29) is 11.1 Å². The number of rotatable bonds is 4. The molecule has 1 amide bonds. The standard InChI is InChI=1S/C19H12ClN3O2S/c20-17-14(7-4-10-21-17)18(24)23-19-22-15-9-8-13(11-16(15)26-19)25-12-5-2-1-3-6-12/h1-11H,(H,22,23,24). The first-order valence-electron chi connectivity index (χ1n) is 7.74. The van der Waals surface area contributed by atoms with Gasteiger partial charge in [-0.25, -0.2) is 9.97 Å². The zero-order valence-electron chi connectivity index (χ0n) is 13.3. The number of carbonyl (C=O) groups is 1. The summed E-state index contributed by atoms with van der Waals surface area (Å²) in [5.74, 6) is 1.12. The van der Waals surface area contributed by atoms with Crippen molar-refractivity contribution in [2.75, 3.05) is 5.32 Å². The highest BCUT2D eigenvalue weighted by Crippen LogP contribution is 2.31. The molecule has 1 N–H and O–H groups in total. The number of ether oxygens (including phenoxy) is 1. The molecule has 0 atom stereocenters. The summed E-state index contributed by atoms with van der Waals surface area (Å²) in [6.45, 7) is 0. The summed E-state index contributed by atoms with van der Waals surface area (Å²) < 4.78 is 6.74. The van der Waals surface area contributed by atoms with E-state index in [9.17, 15) is 4.79 Å². The van der Waals surface area contributed by atoms with E-state index in [1.165, 1.54) is 17.5 Å². The lowest BCUT2D eigenvalue weighted by molar-refractivity contribution is 0.102. The largest absolute Gasteiger partial charge is 0.457 e. The van der Waals surface area contributed by atoms with Crippen LogP contribution in [0.3, 0.4) is 0 Å². The maximum atomic E-state index is 12.3. The summed E-state index contributed by atoms with van der Waals surface area (Å²) in [4.78, 5) is 20.7. The molecule has 0 fully saturated rings. The third-order valence-corrected chi connectivity index (χ3v) is 4.80. The first kappa shape index (κ1) is 16.5. The molecular formula is C19H12ClN3O2S. The molecule has 128 valence electrons. The Morgan fingerprint density at radius 1 is 1.04 bits per heavy atom. The highest BCUT2D eigenvalue weighted by molar-refractivity contribution is 7.22. The molecule has 0 aliphatic heterocycles. The minimum absolute atomic E-state index is 0.157. The number of pyridine rings is 1. The second-order valence-corrected chi connectivity index (χ2v) is 6.75. The van der Waals surface area contributed by atoms with Gasteiger partial charge >= 0.3 is 0 Å². The predicted octanol–water partition coefficient (Wildman–Crippen LogP) is 5.39. The van der Waals surface area contributed by atoms with Crippen LogP contribution in [0, 0.1) is 0 Å². The fourth-order valence-electron chi connectivity index (χ4n) is 2.37. The van der Waals surface area contributed by atoms with Crippen molar-refractivity contribution >= 4 is 44.2 Å². The summed E-state index contributed by atoms with van der Waals surface area (Å²) in [6, 6.07) is 18.4. The van der Waals surface area contributed by atoms with Gasteiger partial charge in [0, 0.05) is 12.3 Å². The Morgan fingerprint density at radius 3 is 2.69 bits per heavy atom. The van der Waals surface area contributed by atoms with Crippen LogP contribution in [0.15, 0.2) is 66.9 Å². The van der Waals surface area contributed by atoms with Gasteiger partial charge in [-0.1, -0.05) is 41.1 Å². The van der Waals surface area contributed by atoms with Crippen molar-refractivity contribution in [2.45, 2.75) is 0 Å². The Kier molecular flexibility index (Phi) is 4.51. The summed E-state index contributed by atoms with van der Waals surface area (Å²) in [6.07, 6.45) is 1.53. The first-order valence-corrected chi connectivity index (χ1v) is 8.94. The maximum Gasteiger partial charge on any atom is 0.260 e. The molecule has 7 heteroatoms. The van der Waals surface area contributed by atoms with Gasteiger partial charge in [-0.15, -0.1) is 0 Å². The van der Waals surface area contributed by atoms with E-state index in [1.54, 1.807) is 12.1 Å². The number of fused-ring (bicyclic) bond motifs is 1. The zero-order chi connectivity index (χ0) is 17.9. The molecule has 26 heavy (non-hydrogen) atoms. The van der Waals surface area contributed by atoms with Crippen LogP contribution in [-0.4, -0.2) is 15.9 Å². The van der Waals surface area contributed by atoms with Crippen molar-refractivity contribution in [1.82, 2.24) is 9.97 Å². The number of nitrogens with zero attached hydrogens (tertiary/aromatic N) is 2. The summed E-state index contributed by atoms with van der Waals surface area (Å²) in [5, 5.41) is 3.41. The minimum atomic E-state index is -0.345. The number of halogens is 1. The van der Waals surface area contributed by atoms with Crippen LogP contribution >= 0.6 is 22.9 Å². The van der Waals surface area contributed by atoms with E-state index in [0.29, 0.717) is 16.4 Å². The molecule has 4 rings (SSSR count). The van der Waals surface area contributed by atoms with Crippen LogP contribution in [0.25, 0.3) is 10.2 Å². The Hall–Kier alpha value is -2.96. The minimum Gasteiger partial charge on any atom is -0.457 e. The Bertz CT molecular complexity index is 1080. The van der Waals surface area contributed by atoms with Crippen molar-refractivity contribution in [3.63, 3.8) is 0 Å². The normalized spacial score (nSPS) is 10.7. The van der Waals surface area contributed by atoms with E-state index in [1.807, 2.05) is 48.5 Å². The van der Waals surface area contributed by atoms with E-state index < -0.39 is 0 Å². The van der Waals surface area contributed by atoms with Crippen LogP contribution in [0.2, 0.25) is 5.15 Å². The van der Waals surface area contributed by atoms with Crippen LogP contribution in [-0.2, 0) is 0 Å². The van der Waals surface area contributed by atoms with Gasteiger partial charge in [0.2, 0.25) is 0 Å². The molecule has 0 radical (unpaired) electrons. The molecule has 4 aromatic rings. The number of nitrogens with one attached hydrogen (secondary N) is 1. The summed E-state index contributed by atoms with van der Waals surface area (Å²) in [7, 11) is 0. The number of aromatic nitrogens is 2. The Balaban J connectivity index is 1.56. The number of thiazole rings is 1. The van der Waals surface area contributed by atoms with E-state index in [4.69, 9.17) is 16.3 Å². The quantitative estimate of drug-likeness (QED) is 0.481. The van der Waals surface area contributed by atoms with Gasteiger partial charge < -0.3 is 4.74 Å². The van der Waals surface area contributed by atoms with Crippen molar-refractivity contribution in [2.24, 2.45) is 0 Å². The molecule has 0 bridgehead atoms. The van der Waals surface area contributed by atoms with Gasteiger partial charge in [-0.05, 0) is 36.4 Å². The van der Waals surface area contributed by atoms with Crippen molar-refractivity contribution < 1.29 is 9.53 Å². The average Bonchev–Trinajstić information content (AvgIpc) is 3.04. The average molecular weight is 382 g/mol. The smallest absolute Gasteiger partial charge is 0.260 e. The van der Waals surface area contributed by atoms with Crippen LogP contribution in [0.4, 0.5) is 5.13 Å². The van der Waals surface area contributed by atoms with Gasteiger partial charge in [0.05, 0.1) is 15.8 Å². The molecule has 0 aliphatic rings. The first-order chi connectivity index (χ1) is 12.7. The predicted molar refractivity (Wildman–Crippen MR) is 103 cm³/mol. The molecule has 0 spiro atoms. The number of hydrogen-bond acceptors (Lipinski definition) is 5. The van der Waals surface area contributed by atoms with Gasteiger partial charge in [0.15, 0.2) is 5.13 Å². The highest BCUT2D eigenvalue weighted by atomic mass is 35.5. The van der Waals surface area contributed by atoms with Gasteiger partial charge in [0.25, 0.3) is 5.91 Å². The highest BCUT2D eigenvalue weighted by Gasteiger charge is 2.13. The van der Waals surface area contributed by atoms with Gasteiger partial charge in [-0.2, -0.15) is 0 Å². The molecule has 0 saturated heterocycles. The second kappa shape index (κ2) is 7.11. The van der Waals surface area contributed by atoms with E-state index in [0.717, 1.165) is 16.0 Å². The third-order valence-electron chi connectivity index (χ3n) is 3.56. The molecule has 2 heterocycles. The van der Waals surface area contributed by atoms with Crippen molar-refractivity contribution in [1.29, 1.82) is 0 Å². The summed E-state index contributed by atoms with van der Waals surface area (Å²) >= 11 is 7.32. The Labute approximate surface area is 158 Å². The lowest BCUT2D eigenvalue weighted by Gasteiger charge is -2.04. The molecule has 2 aromatic heterocycles. The van der Waals surface area contributed by atoms with Gasteiger partial charge in [0.1, 0.15) is 16.7 Å². The number of para-hydroxylation sites is 1. The van der Waals surface area contributed by atoms with Crippen molar-refractivity contribution in [3.8, 4) is 11.5 Å². The molecule has 5 nitrogen and oxygen atoms in total. The zero-order valence-corrected chi connectivity index (χ0v) is 14.9. The number of anilines is 1. The van der Waals surface area contributed by atoms with Crippen LogP contribution in [0.1, 0.15) is 10.4 Å². The maximum absolute atomic E-state index is 12.3. The number of hydrogen-bond donors (Lipinski definition) is 1. The van der Waals surface area contributed by atoms with E-state index >= 15 is 0 Å².